The normalized spacial score (nSPS) is 16.6. The molecule has 0 aliphatic carbocycles. The summed E-state index contributed by atoms with van der Waals surface area (Å²) in [6, 6.07) is 14.8. The van der Waals surface area contributed by atoms with E-state index in [0.717, 1.165) is 35.7 Å². The van der Waals surface area contributed by atoms with Crippen molar-refractivity contribution >= 4 is 23.2 Å². The molecule has 0 fully saturated rings. The maximum absolute atomic E-state index is 12.7. The van der Waals surface area contributed by atoms with E-state index >= 15 is 0 Å². The fraction of sp³-hybridized carbons (Fsp3) is 0.409. The number of hydrogen-bond donors (Lipinski definition) is 1. The summed E-state index contributed by atoms with van der Waals surface area (Å²) in [4.78, 5) is 14.8. The Kier molecular flexibility index (Phi) is 6.75. The fourth-order valence-electron chi connectivity index (χ4n) is 3.69. The van der Waals surface area contributed by atoms with Crippen LogP contribution in [0.15, 0.2) is 48.5 Å². The van der Waals surface area contributed by atoms with Crippen molar-refractivity contribution in [3.05, 3.63) is 64.7 Å². The number of anilines is 1. The van der Waals surface area contributed by atoms with Crippen molar-refractivity contribution in [2.24, 2.45) is 0 Å². The van der Waals surface area contributed by atoms with Crippen LogP contribution >= 0.6 is 11.6 Å². The van der Waals surface area contributed by atoms with Gasteiger partial charge in [0.05, 0.1) is 11.3 Å². The highest BCUT2D eigenvalue weighted by atomic mass is 35.5. The molecular formula is C22H27ClN2O2. The maximum atomic E-state index is 12.7. The second kappa shape index (κ2) is 9.25. The Hall–Kier alpha value is -2.04. The minimum absolute atomic E-state index is 0.394. The fourth-order valence-corrected chi connectivity index (χ4v) is 3.93. The molecule has 0 radical (unpaired) electrons. The van der Waals surface area contributed by atoms with Crippen molar-refractivity contribution in [3.63, 3.8) is 0 Å². The molecule has 144 valence electrons. The van der Waals surface area contributed by atoms with Gasteiger partial charge in [-0.25, -0.2) is 0 Å². The highest BCUT2D eigenvalue weighted by Gasteiger charge is 2.38. The first kappa shape index (κ1) is 19.7. The lowest BCUT2D eigenvalue weighted by molar-refractivity contribution is -0.0937. The quantitative estimate of drug-likeness (QED) is 0.443. The van der Waals surface area contributed by atoms with Crippen LogP contribution in [-0.2, 0) is 0 Å². The molecule has 1 unspecified atom stereocenters. The van der Waals surface area contributed by atoms with Gasteiger partial charge in [0.2, 0.25) is 0 Å². The summed E-state index contributed by atoms with van der Waals surface area (Å²) in [6.45, 7) is 2.97. The van der Waals surface area contributed by atoms with Gasteiger partial charge in [0.1, 0.15) is 0 Å². The number of carbonyl (C=O) groups is 1. The minimum Gasteiger partial charge on any atom is -0.345 e. The number of unbranched alkanes of at least 4 members (excludes halogenated alkanes) is 5. The van der Waals surface area contributed by atoms with Crippen molar-refractivity contribution < 1.29 is 10.0 Å². The molecule has 0 spiro atoms. The summed E-state index contributed by atoms with van der Waals surface area (Å²) in [5.41, 5.74) is 2.11. The van der Waals surface area contributed by atoms with Crippen LogP contribution in [0.2, 0.25) is 5.02 Å². The number of amides is 1. The van der Waals surface area contributed by atoms with Gasteiger partial charge in [-0.3, -0.25) is 10.0 Å². The molecule has 5 heteroatoms. The number of carbonyl (C=O) groups excluding carboxylic acids is 1. The molecule has 0 bridgehead atoms. The van der Waals surface area contributed by atoms with Crippen molar-refractivity contribution in [2.45, 2.75) is 51.6 Å². The lowest BCUT2D eigenvalue weighted by Gasteiger charge is -2.43. The van der Waals surface area contributed by atoms with Crippen LogP contribution in [0.5, 0.6) is 0 Å². The van der Waals surface area contributed by atoms with E-state index in [1.54, 1.807) is 12.1 Å². The molecule has 27 heavy (non-hydrogen) atoms. The van der Waals surface area contributed by atoms with Crippen molar-refractivity contribution in [2.75, 3.05) is 11.4 Å². The molecule has 0 aromatic heterocycles. The number of benzene rings is 2. The van der Waals surface area contributed by atoms with Crippen LogP contribution in [0.25, 0.3) is 0 Å². The zero-order chi connectivity index (χ0) is 19.2. The number of hydroxylamine groups is 2. The largest absolute Gasteiger partial charge is 0.345 e. The van der Waals surface area contributed by atoms with Crippen molar-refractivity contribution in [3.8, 4) is 0 Å². The Labute approximate surface area is 166 Å². The number of para-hydroxylation sites is 1. The highest BCUT2D eigenvalue weighted by Crippen LogP contribution is 2.40. The summed E-state index contributed by atoms with van der Waals surface area (Å²) in [5.74, 6) is -0.394. The van der Waals surface area contributed by atoms with Gasteiger partial charge in [-0.1, -0.05) is 81.0 Å². The minimum atomic E-state index is -0.614. The Morgan fingerprint density at radius 2 is 1.63 bits per heavy atom. The molecule has 3 rings (SSSR count). The number of nitrogens with zero attached hydrogens (tertiary/aromatic N) is 2. The van der Waals surface area contributed by atoms with E-state index in [1.807, 2.05) is 36.4 Å². The third-order valence-electron chi connectivity index (χ3n) is 5.11. The molecular weight excluding hydrogens is 360 g/mol. The first-order valence-electron chi connectivity index (χ1n) is 9.77. The third-order valence-corrected chi connectivity index (χ3v) is 5.46. The molecule has 2 aromatic carbocycles. The summed E-state index contributed by atoms with van der Waals surface area (Å²) < 4.78 is 0. The van der Waals surface area contributed by atoms with Crippen LogP contribution in [-0.4, -0.2) is 22.7 Å². The van der Waals surface area contributed by atoms with Gasteiger partial charge in [-0.15, -0.1) is 0 Å². The van der Waals surface area contributed by atoms with E-state index in [9.17, 15) is 10.0 Å². The Balaban J connectivity index is 1.87. The zero-order valence-corrected chi connectivity index (χ0v) is 16.5. The zero-order valence-electron chi connectivity index (χ0n) is 15.8. The smallest absolute Gasteiger partial charge is 0.281 e. The lowest BCUT2D eigenvalue weighted by atomic mass is 10.0. The van der Waals surface area contributed by atoms with Crippen LogP contribution in [0.1, 0.15) is 67.5 Å². The topological polar surface area (TPSA) is 43.8 Å². The van der Waals surface area contributed by atoms with Crippen LogP contribution in [0.4, 0.5) is 5.69 Å². The third kappa shape index (κ3) is 4.28. The number of fused-ring (bicyclic) bond motifs is 1. The molecule has 1 heterocycles. The van der Waals surface area contributed by atoms with Gasteiger partial charge >= 0.3 is 0 Å². The van der Waals surface area contributed by atoms with Crippen LogP contribution in [0, 0.1) is 0 Å². The molecule has 1 N–H and O–H groups in total. The summed E-state index contributed by atoms with van der Waals surface area (Å²) >= 11 is 6.41. The number of rotatable bonds is 8. The molecule has 0 saturated heterocycles. The van der Waals surface area contributed by atoms with E-state index in [2.05, 4.69) is 11.8 Å². The van der Waals surface area contributed by atoms with Gasteiger partial charge in [0, 0.05) is 17.1 Å². The average Bonchev–Trinajstić information content (AvgIpc) is 2.69. The predicted molar refractivity (Wildman–Crippen MR) is 109 cm³/mol. The lowest BCUT2D eigenvalue weighted by Crippen LogP contribution is -2.48. The van der Waals surface area contributed by atoms with Crippen molar-refractivity contribution in [1.29, 1.82) is 0 Å². The van der Waals surface area contributed by atoms with Gasteiger partial charge < -0.3 is 4.90 Å². The van der Waals surface area contributed by atoms with Gasteiger partial charge in [-0.05, 0) is 24.6 Å². The Bertz CT molecular complexity index is 780. The van der Waals surface area contributed by atoms with Gasteiger partial charge in [0.15, 0.2) is 6.17 Å². The summed E-state index contributed by atoms with van der Waals surface area (Å²) in [6.07, 6.45) is 6.49. The summed E-state index contributed by atoms with van der Waals surface area (Å²) in [5, 5.41) is 12.1. The molecule has 4 nitrogen and oxygen atoms in total. The monoisotopic (exact) mass is 386 g/mol. The average molecular weight is 387 g/mol. The predicted octanol–water partition coefficient (Wildman–Crippen LogP) is 6.05. The van der Waals surface area contributed by atoms with Crippen LogP contribution < -0.4 is 4.90 Å². The maximum Gasteiger partial charge on any atom is 0.281 e. The van der Waals surface area contributed by atoms with E-state index in [1.165, 1.54) is 25.7 Å². The Morgan fingerprint density at radius 1 is 0.963 bits per heavy atom. The van der Waals surface area contributed by atoms with Crippen LogP contribution in [0.3, 0.4) is 0 Å². The number of halogens is 1. The molecule has 1 amide bonds. The van der Waals surface area contributed by atoms with Gasteiger partial charge in [0.25, 0.3) is 5.91 Å². The molecule has 1 atom stereocenters. The van der Waals surface area contributed by atoms with E-state index < -0.39 is 12.1 Å². The SMILES string of the molecule is CCCCCCCCN1c2ccccc2C(=O)N(O)C1c1ccccc1Cl. The first-order valence-corrected chi connectivity index (χ1v) is 10.2. The second-order valence-corrected chi connectivity index (χ2v) is 7.43. The van der Waals surface area contributed by atoms with Gasteiger partial charge in [-0.2, -0.15) is 5.06 Å². The molecule has 1 aliphatic rings. The molecule has 2 aromatic rings. The molecule has 0 saturated carbocycles. The first-order chi connectivity index (χ1) is 13.1. The number of hydrogen-bond acceptors (Lipinski definition) is 3. The van der Waals surface area contributed by atoms with E-state index in [4.69, 9.17) is 11.6 Å². The van der Waals surface area contributed by atoms with E-state index in [-0.39, 0.29) is 0 Å². The summed E-state index contributed by atoms with van der Waals surface area (Å²) in [7, 11) is 0. The standard InChI is InChI=1S/C22H27ClN2O2/c1-2-3-4-5-6-11-16-24-20-15-10-8-13-18(20)22(26)25(27)21(24)17-12-7-9-14-19(17)23/h7-10,12-15,21,27H,2-6,11,16H2,1H3. The Morgan fingerprint density at radius 3 is 2.41 bits per heavy atom. The second-order valence-electron chi connectivity index (χ2n) is 7.02. The van der Waals surface area contributed by atoms with E-state index in [0.29, 0.717) is 10.6 Å². The molecule has 1 aliphatic heterocycles. The van der Waals surface area contributed by atoms with Crippen molar-refractivity contribution in [1.82, 2.24) is 5.06 Å². The highest BCUT2D eigenvalue weighted by molar-refractivity contribution is 6.31.